The van der Waals surface area contributed by atoms with E-state index in [1.807, 2.05) is 24.3 Å². The molecule has 1 aromatic carbocycles. The molecule has 0 unspecified atom stereocenters. The molecule has 36 heavy (non-hydrogen) atoms. The van der Waals surface area contributed by atoms with Crippen LogP contribution in [0, 0.1) is 28.6 Å². The summed E-state index contributed by atoms with van der Waals surface area (Å²) in [6.07, 6.45) is 10.3. The minimum Gasteiger partial charge on any atom is -0.497 e. The van der Waals surface area contributed by atoms with Crippen LogP contribution in [0.2, 0.25) is 0 Å². The molecule has 2 amide bonds. The van der Waals surface area contributed by atoms with Gasteiger partial charge < -0.3 is 15.8 Å². The third-order valence-electron chi connectivity index (χ3n) is 9.67. The molecule has 8 heteroatoms. The van der Waals surface area contributed by atoms with E-state index in [0.717, 1.165) is 60.8 Å². The molecule has 4 aliphatic carbocycles. The number of fused-ring (bicyclic) bond motifs is 7. The number of nitrogens with one attached hydrogen (secondary N) is 2. The molecule has 1 aromatic heterocycles. The number of ether oxygens (including phenoxy) is 1. The minimum absolute atomic E-state index is 0.0606. The van der Waals surface area contributed by atoms with E-state index >= 15 is 0 Å². The van der Waals surface area contributed by atoms with E-state index in [1.54, 1.807) is 18.4 Å². The number of methoxy groups -OCH3 is 1. The summed E-state index contributed by atoms with van der Waals surface area (Å²) in [5.74, 6) is 2.79. The summed E-state index contributed by atoms with van der Waals surface area (Å²) in [5.41, 5.74) is 13.0. The van der Waals surface area contributed by atoms with E-state index in [1.165, 1.54) is 22.6 Å². The average molecular weight is 506 g/mol. The molecule has 0 radical (unpaired) electrons. The number of anilines is 2. The van der Waals surface area contributed by atoms with Gasteiger partial charge in [0.25, 0.3) is 0 Å². The third kappa shape index (κ3) is 3.64. The topological polar surface area (TPSA) is 102 Å². The van der Waals surface area contributed by atoms with Crippen LogP contribution in [0.4, 0.5) is 15.6 Å². The molecule has 6 rings (SSSR count). The Morgan fingerprint density at radius 1 is 1.14 bits per heavy atom. The lowest BCUT2D eigenvalue weighted by molar-refractivity contribution is 0.0116. The summed E-state index contributed by atoms with van der Waals surface area (Å²) < 4.78 is 5.28. The molecule has 1 heterocycles. The van der Waals surface area contributed by atoms with E-state index in [0.29, 0.717) is 17.8 Å². The Balaban J connectivity index is 1.27. The second-order valence-corrected chi connectivity index (χ2v) is 12.3. The van der Waals surface area contributed by atoms with E-state index in [2.05, 4.69) is 35.8 Å². The average Bonchev–Trinajstić information content (AvgIpc) is 3.42. The van der Waals surface area contributed by atoms with Crippen LogP contribution in [-0.4, -0.2) is 23.8 Å². The maximum absolute atomic E-state index is 11.3. The molecule has 0 saturated heterocycles. The fourth-order valence-electron chi connectivity index (χ4n) is 7.82. The zero-order valence-electron chi connectivity index (χ0n) is 21.3. The molecule has 2 saturated carbocycles. The normalized spacial score (nSPS) is 33.6. The Morgan fingerprint density at radius 2 is 1.92 bits per heavy atom. The predicted octanol–water partition coefficient (Wildman–Crippen LogP) is 6.10. The van der Waals surface area contributed by atoms with Gasteiger partial charge in [-0.15, -0.1) is 0 Å². The van der Waals surface area contributed by atoms with Gasteiger partial charge in [0.15, 0.2) is 5.13 Å². The molecule has 0 bridgehead atoms. The number of hydrogen-bond donors (Lipinski definition) is 3. The number of urea groups is 1. The molecule has 4 aliphatic rings. The number of hydrazone groups is 1. The summed E-state index contributed by atoms with van der Waals surface area (Å²) in [7, 11) is 1.68. The number of thiazole rings is 1. The number of hydrogen-bond acceptors (Lipinski definition) is 6. The van der Waals surface area contributed by atoms with Crippen molar-refractivity contribution in [2.45, 2.75) is 58.8 Å². The highest BCUT2D eigenvalue weighted by Crippen LogP contribution is 2.65. The van der Waals surface area contributed by atoms with Crippen molar-refractivity contribution in [3.05, 3.63) is 40.9 Å². The Bertz CT molecular complexity index is 1250. The van der Waals surface area contributed by atoms with Crippen molar-refractivity contribution >= 4 is 39.5 Å². The first kappa shape index (κ1) is 23.5. The maximum Gasteiger partial charge on any atom is 0.332 e. The summed E-state index contributed by atoms with van der Waals surface area (Å²) in [5, 5.41) is 8.92. The summed E-state index contributed by atoms with van der Waals surface area (Å²) in [6, 6.07) is 7.42. The predicted molar refractivity (Wildman–Crippen MR) is 145 cm³/mol. The zero-order chi connectivity index (χ0) is 25.1. The van der Waals surface area contributed by atoms with Crippen LogP contribution in [0.15, 0.2) is 35.4 Å². The zero-order valence-corrected chi connectivity index (χ0v) is 22.1. The number of carbonyl (C=O) groups is 1. The monoisotopic (exact) mass is 505 g/mol. The van der Waals surface area contributed by atoms with Crippen molar-refractivity contribution in [3.63, 3.8) is 0 Å². The van der Waals surface area contributed by atoms with Gasteiger partial charge in [0.05, 0.1) is 17.7 Å². The highest BCUT2D eigenvalue weighted by molar-refractivity contribution is 7.16. The Hall–Kier alpha value is -2.87. The lowest BCUT2D eigenvalue weighted by Crippen LogP contribution is -2.49. The SMILES string of the molecule is COc1ccc(Nc2nc3c(s2)C2=CC[C@@H]4[C@H](CC[C@]5(C)/C(=N/NC(N)=O)CC[C@@H]45)[C@@]2(C)CC3)cc1. The second kappa shape index (κ2) is 8.61. The molecule has 2 fully saturated rings. The number of aryl methyl sites for hydroxylation is 1. The first-order valence-electron chi connectivity index (χ1n) is 13.1. The molecule has 5 atom stereocenters. The van der Waals surface area contributed by atoms with Crippen molar-refractivity contribution in [1.29, 1.82) is 0 Å². The Labute approximate surface area is 216 Å². The van der Waals surface area contributed by atoms with Gasteiger partial charge in [0, 0.05) is 16.8 Å². The highest BCUT2D eigenvalue weighted by atomic mass is 32.1. The fraction of sp³-hybridized carbons (Fsp3) is 0.536. The van der Waals surface area contributed by atoms with Gasteiger partial charge in [-0.1, -0.05) is 31.3 Å². The van der Waals surface area contributed by atoms with Gasteiger partial charge in [-0.25, -0.2) is 15.2 Å². The Kier molecular flexibility index (Phi) is 5.63. The Morgan fingerprint density at radius 3 is 2.67 bits per heavy atom. The number of primary amides is 1. The molecule has 7 nitrogen and oxygen atoms in total. The van der Waals surface area contributed by atoms with Crippen LogP contribution in [-0.2, 0) is 6.42 Å². The lowest BCUT2D eigenvalue weighted by atomic mass is 9.48. The molecule has 190 valence electrons. The lowest BCUT2D eigenvalue weighted by Gasteiger charge is -2.56. The minimum atomic E-state index is -0.579. The molecular formula is C28H35N5O2S. The van der Waals surface area contributed by atoms with Crippen LogP contribution in [0.3, 0.4) is 0 Å². The molecule has 0 aliphatic heterocycles. The van der Waals surface area contributed by atoms with Gasteiger partial charge in [0.2, 0.25) is 0 Å². The number of carbonyl (C=O) groups excluding carboxylic acids is 1. The van der Waals surface area contributed by atoms with E-state index in [-0.39, 0.29) is 10.8 Å². The first-order chi connectivity index (χ1) is 17.3. The van der Waals surface area contributed by atoms with E-state index in [9.17, 15) is 4.79 Å². The number of nitrogens with two attached hydrogens (primary N) is 1. The van der Waals surface area contributed by atoms with Gasteiger partial charge in [-0.3, -0.25) is 0 Å². The van der Waals surface area contributed by atoms with E-state index in [4.69, 9.17) is 15.5 Å². The van der Waals surface area contributed by atoms with Crippen molar-refractivity contribution in [3.8, 4) is 5.75 Å². The number of aromatic nitrogens is 1. The third-order valence-corrected chi connectivity index (χ3v) is 10.7. The van der Waals surface area contributed by atoms with Crippen LogP contribution in [0.5, 0.6) is 5.75 Å². The van der Waals surface area contributed by atoms with Crippen LogP contribution >= 0.6 is 11.3 Å². The van der Waals surface area contributed by atoms with Crippen LogP contribution in [0.1, 0.15) is 62.9 Å². The number of rotatable bonds is 4. The standard InChI is InChI=1S/C28H35N5O2S/c1-27-15-13-22-24(36-26(31-22)30-16-4-6-17(35-3)7-5-16)21(27)9-8-18-19-10-11-23(32-33-25(29)34)28(19,2)14-12-20(18)27/h4-7,9,18-20H,8,10-15H2,1-3H3,(H,30,31)(H3,29,33,34)/b32-23+/t18-,19-,20-,27+,28-/m0/s1. The maximum atomic E-state index is 11.3. The molecule has 0 spiro atoms. The van der Waals surface area contributed by atoms with Gasteiger partial charge in [-0.05, 0) is 98.0 Å². The first-order valence-corrected chi connectivity index (χ1v) is 13.9. The quantitative estimate of drug-likeness (QED) is 0.437. The van der Waals surface area contributed by atoms with Crippen LogP contribution < -0.4 is 21.2 Å². The van der Waals surface area contributed by atoms with Crippen molar-refractivity contribution in [2.75, 3.05) is 12.4 Å². The van der Waals surface area contributed by atoms with Crippen molar-refractivity contribution < 1.29 is 9.53 Å². The summed E-state index contributed by atoms with van der Waals surface area (Å²) in [4.78, 5) is 17.6. The summed E-state index contributed by atoms with van der Waals surface area (Å²) >= 11 is 1.80. The number of benzene rings is 1. The smallest absolute Gasteiger partial charge is 0.332 e. The van der Waals surface area contributed by atoms with E-state index < -0.39 is 6.03 Å². The summed E-state index contributed by atoms with van der Waals surface area (Å²) in [6.45, 7) is 4.87. The molecular weight excluding hydrogens is 470 g/mol. The molecule has 2 aromatic rings. The van der Waals surface area contributed by atoms with Crippen LogP contribution in [0.25, 0.3) is 5.57 Å². The van der Waals surface area contributed by atoms with Gasteiger partial charge in [-0.2, -0.15) is 5.10 Å². The highest BCUT2D eigenvalue weighted by Gasteiger charge is 2.58. The van der Waals surface area contributed by atoms with Crippen molar-refractivity contribution in [2.24, 2.45) is 39.4 Å². The molecule has 4 N–H and O–H groups in total. The number of amides is 2. The fourth-order valence-corrected chi connectivity index (χ4v) is 9.03. The van der Waals surface area contributed by atoms with Gasteiger partial charge >= 0.3 is 6.03 Å². The number of nitrogens with zero attached hydrogens (tertiary/aromatic N) is 2. The second-order valence-electron chi connectivity index (χ2n) is 11.3. The largest absolute Gasteiger partial charge is 0.497 e. The van der Waals surface area contributed by atoms with Gasteiger partial charge in [0.1, 0.15) is 5.75 Å². The van der Waals surface area contributed by atoms with Crippen molar-refractivity contribution in [1.82, 2.24) is 10.4 Å². The number of allylic oxidation sites excluding steroid dienone is 2.